The molecule has 15 heavy (non-hydrogen) atoms. The molecule has 0 fully saturated rings. The van der Waals surface area contributed by atoms with Crippen LogP contribution >= 0.6 is 0 Å². The number of nitrogens with one attached hydrogen (secondary N) is 1. The van der Waals surface area contributed by atoms with E-state index in [-0.39, 0.29) is 0 Å². The van der Waals surface area contributed by atoms with Crippen molar-refractivity contribution in [2.45, 2.75) is 19.3 Å². The Morgan fingerprint density at radius 1 is 1.27 bits per heavy atom. The molecule has 2 N–H and O–H groups in total. The Kier molecular flexibility index (Phi) is 5.48. The van der Waals surface area contributed by atoms with Crippen molar-refractivity contribution in [2.24, 2.45) is 5.16 Å². The van der Waals surface area contributed by atoms with Gasteiger partial charge < -0.3 is 10.5 Å². The molecule has 1 aromatic rings. The molecule has 1 aromatic carbocycles. The van der Waals surface area contributed by atoms with Crippen molar-refractivity contribution < 1.29 is 5.21 Å². The predicted octanol–water partition coefficient (Wildman–Crippen LogP) is 2.25. The number of oxime groups is 1. The van der Waals surface area contributed by atoms with Crippen LogP contribution in [0.1, 0.15) is 24.8 Å². The molecule has 0 bridgehead atoms. The molecule has 0 aliphatic heterocycles. The monoisotopic (exact) mass is 206 g/mol. The van der Waals surface area contributed by atoms with Crippen molar-refractivity contribution >= 4 is 5.71 Å². The van der Waals surface area contributed by atoms with Gasteiger partial charge in [0.05, 0.1) is 5.71 Å². The molecule has 0 aliphatic rings. The smallest absolute Gasteiger partial charge is 0.0867 e. The van der Waals surface area contributed by atoms with Crippen molar-refractivity contribution in [3.05, 3.63) is 35.9 Å². The Morgan fingerprint density at radius 3 is 2.60 bits per heavy atom. The van der Waals surface area contributed by atoms with Crippen LogP contribution in [0, 0.1) is 0 Å². The van der Waals surface area contributed by atoms with Gasteiger partial charge in [0.25, 0.3) is 0 Å². The van der Waals surface area contributed by atoms with E-state index in [1.54, 1.807) is 0 Å². The maximum atomic E-state index is 8.91. The first-order valence-corrected chi connectivity index (χ1v) is 5.29. The summed E-state index contributed by atoms with van der Waals surface area (Å²) in [6, 6.07) is 9.79. The molecule has 0 heterocycles. The summed E-state index contributed by atoms with van der Waals surface area (Å²) in [4.78, 5) is 0. The highest BCUT2D eigenvalue weighted by atomic mass is 16.4. The minimum absolute atomic E-state index is 0.770. The average molecular weight is 206 g/mol. The number of hydrogen-bond acceptors (Lipinski definition) is 3. The van der Waals surface area contributed by atoms with Gasteiger partial charge in [-0.3, -0.25) is 0 Å². The number of unbranched alkanes of at least 4 members (excludes halogenated alkanes) is 1. The van der Waals surface area contributed by atoms with Crippen LogP contribution in [0.5, 0.6) is 0 Å². The molecular formula is C12H18N2O. The lowest BCUT2D eigenvalue weighted by atomic mass is 10.0. The molecule has 3 heteroatoms. The minimum atomic E-state index is 0.770. The highest BCUT2D eigenvalue weighted by Crippen LogP contribution is 2.07. The summed E-state index contributed by atoms with van der Waals surface area (Å²) < 4.78 is 0. The van der Waals surface area contributed by atoms with Crippen LogP contribution in [0.2, 0.25) is 0 Å². The highest BCUT2D eigenvalue weighted by Gasteiger charge is 2.02. The third-order valence-electron chi connectivity index (χ3n) is 2.32. The van der Waals surface area contributed by atoms with E-state index in [1.807, 2.05) is 37.4 Å². The zero-order chi connectivity index (χ0) is 10.9. The molecule has 0 saturated carbocycles. The van der Waals surface area contributed by atoms with E-state index >= 15 is 0 Å². The van der Waals surface area contributed by atoms with Crippen LogP contribution in [0.3, 0.4) is 0 Å². The van der Waals surface area contributed by atoms with Crippen molar-refractivity contribution in [3.63, 3.8) is 0 Å². The summed E-state index contributed by atoms with van der Waals surface area (Å²) in [5.41, 5.74) is 1.77. The molecule has 0 spiro atoms. The van der Waals surface area contributed by atoms with Crippen molar-refractivity contribution in [2.75, 3.05) is 13.6 Å². The van der Waals surface area contributed by atoms with Gasteiger partial charge in [0.15, 0.2) is 0 Å². The summed E-state index contributed by atoms with van der Waals surface area (Å²) in [6.07, 6.45) is 2.96. The Balaban J connectivity index is 2.44. The largest absolute Gasteiger partial charge is 0.411 e. The van der Waals surface area contributed by atoms with Crippen LogP contribution in [0.4, 0.5) is 0 Å². The molecule has 0 amide bonds. The molecular weight excluding hydrogens is 188 g/mol. The first kappa shape index (κ1) is 11.7. The first-order valence-electron chi connectivity index (χ1n) is 5.29. The van der Waals surface area contributed by atoms with Crippen molar-refractivity contribution in [1.29, 1.82) is 0 Å². The third-order valence-corrected chi connectivity index (χ3v) is 2.32. The molecule has 0 aliphatic carbocycles. The van der Waals surface area contributed by atoms with Crippen molar-refractivity contribution in [1.82, 2.24) is 5.32 Å². The molecule has 0 saturated heterocycles. The van der Waals surface area contributed by atoms with Gasteiger partial charge in [-0.05, 0) is 38.4 Å². The highest BCUT2D eigenvalue weighted by molar-refractivity contribution is 6.00. The Morgan fingerprint density at radius 2 is 2.00 bits per heavy atom. The zero-order valence-corrected chi connectivity index (χ0v) is 9.11. The van der Waals surface area contributed by atoms with Gasteiger partial charge in [0, 0.05) is 0 Å². The van der Waals surface area contributed by atoms with Gasteiger partial charge >= 0.3 is 0 Å². The average Bonchev–Trinajstić information content (AvgIpc) is 2.30. The fourth-order valence-electron chi connectivity index (χ4n) is 1.48. The minimum Gasteiger partial charge on any atom is -0.411 e. The van der Waals surface area contributed by atoms with Gasteiger partial charge in [-0.2, -0.15) is 0 Å². The maximum absolute atomic E-state index is 8.91. The molecule has 82 valence electrons. The molecule has 0 aromatic heterocycles. The van der Waals surface area contributed by atoms with Gasteiger partial charge in [-0.25, -0.2) is 0 Å². The lowest BCUT2D eigenvalue weighted by Crippen LogP contribution is -2.08. The van der Waals surface area contributed by atoms with Gasteiger partial charge in [-0.15, -0.1) is 0 Å². The molecule has 0 atom stereocenters. The van der Waals surface area contributed by atoms with E-state index in [1.165, 1.54) is 0 Å². The Labute approximate surface area is 90.8 Å². The second-order valence-corrected chi connectivity index (χ2v) is 3.47. The SMILES string of the molecule is CNCCCC/C(=N\O)c1ccccc1. The van der Waals surface area contributed by atoms with Crippen LogP contribution in [0.15, 0.2) is 35.5 Å². The van der Waals surface area contributed by atoms with Gasteiger partial charge in [0.2, 0.25) is 0 Å². The van der Waals surface area contributed by atoms with Crippen LogP contribution < -0.4 is 5.32 Å². The van der Waals surface area contributed by atoms with Gasteiger partial charge in [-0.1, -0.05) is 35.5 Å². The quantitative estimate of drug-likeness (QED) is 0.324. The normalized spacial score (nSPS) is 11.7. The first-order chi connectivity index (χ1) is 7.38. The molecule has 0 unspecified atom stereocenters. The number of hydrogen-bond donors (Lipinski definition) is 2. The topological polar surface area (TPSA) is 44.6 Å². The third kappa shape index (κ3) is 4.13. The molecule has 3 nitrogen and oxygen atoms in total. The van der Waals surface area contributed by atoms with E-state index in [0.29, 0.717) is 0 Å². The maximum Gasteiger partial charge on any atom is 0.0867 e. The molecule has 1 rings (SSSR count). The zero-order valence-electron chi connectivity index (χ0n) is 9.11. The number of nitrogens with zero attached hydrogens (tertiary/aromatic N) is 1. The summed E-state index contributed by atoms with van der Waals surface area (Å²) in [7, 11) is 1.94. The Hall–Kier alpha value is -1.35. The van der Waals surface area contributed by atoms with Crippen LogP contribution in [0.25, 0.3) is 0 Å². The van der Waals surface area contributed by atoms with E-state index in [0.717, 1.165) is 37.1 Å². The fourth-order valence-corrected chi connectivity index (χ4v) is 1.48. The van der Waals surface area contributed by atoms with Gasteiger partial charge in [0.1, 0.15) is 0 Å². The number of benzene rings is 1. The van der Waals surface area contributed by atoms with Crippen molar-refractivity contribution in [3.8, 4) is 0 Å². The van der Waals surface area contributed by atoms with Crippen LogP contribution in [-0.2, 0) is 0 Å². The second-order valence-electron chi connectivity index (χ2n) is 3.47. The standard InChI is InChI=1S/C12H18N2O/c1-13-10-6-5-9-12(14-15)11-7-3-2-4-8-11/h2-4,7-8,13,15H,5-6,9-10H2,1H3/b14-12+. The summed E-state index contributed by atoms with van der Waals surface area (Å²) in [6.45, 7) is 1.01. The summed E-state index contributed by atoms with van der Waals surface area (Å²) >= 11 is 0. The van der Waals surface area contributed by atoms with Crippen LogP contribution in [-0.4, -0.2) is 24.5 Å². The lowest BCUT2D eigenvalue weighted by Gasteiger charge is -2.04. The van der Waals surface area contributed by atoms with E-state index in [9.17, 15) is 0 Å². The van der Waals surface area contributed by atoms with E-state index in [2.05, 4.69) is 10.5 Å². The number of rotatable bonds is 6. The summed E-state index contributed by atoms with van der Waals surface area (Å²) in [5.74, 6) is 0. The summed E-state index contributed by atoms with van der Waals surface area (Å²) in [5, 5.41) is 15.4. The van der Waals surface area contributed by atoms with E-state index < -0.39 is 0 Å². The Bertz CT molecular complexity index is 296. The predicted molar refractivity (Wildman–Crippen MR) is 62.5 cm³/mol. The second kappa shape index (κ2) is 7.01. The molecule has 0 radical (unpaired) electrons. The lowest BCUT2D eigenvalue weighted by molar-refractivity contribution is 0.317. The fraction of sp³-hybridized carbons (Fsp3) is 0.417. The van der Waals surface area contributed by atoms with E-state index in [4.69, 9.17) is 5.21 Å².